The first kappa shape index (κ1) is 19.5. The molecule has 0 bridgehead atoms. The van der Waals surface area contributed by atoms with Crippen LogP contribution in [0.25, 0.3) is 0 Å². The predicted molar refractivity (Wildman–Crippen MR) is 88.9 cm³/mol. The minimum absolute atomic E-state index is 0.100. The molecule has 7 heteroatoms. The van der Waals surface area contributed by atoms with E-state index < -0.39 is 24.5 Å². The van der Waals surface area contributed by atoms with Crippen LogP contribution in [0.3, 0.4) is 0 Å². The first-order valence-electron chi connectivity index (χ1n) is 7.78. The molecule has 0 radical (unpaired) electrons. The number of carbonyl (C=O) groups is 3. The molecule has 0 heterocycles. The fourth-order valence-corrected chi connectivity index (χ4v) is 1.63. The largest absolute Gasteiger partial charge is 0.493 e. The van der Waals surface area contributed by atoms with Crippen LogP contribution in [-0.4, -0.2) is 37.2 Å². The second kappa shape index (κ2) is 9.54. The van der Waals surface area contributed by atoms with Crippen LogP contribution in [0.5, 0.6) is 5.75 Å². The molecule has 0 spiro atoms. The lowest BCUT2D eigenvalue weighted by Crippen LogP contribution is -2.44. The van der Waals surface area contributed by atoms with Gasteiger partial charge in [0.2, 0.25) is 0 Å². The van der Waals surface area contributed by atoms with E-state index in [4.69, 9.17) is 9.47 Å². The maximum absolute atomic E-state index is 11.8. The Labute approximate surface area is 141 Å². The molecule has 0 saturated carbocycles. The molecule has 132 valence electrons. The highest BCUT2D eigenvalue weighted by Crippen LogP contribution is 2.13. The second-order valence-corrected chi connectivity index (χ2v) is 5.98. The van der Waals surface area contributed by atoms with Gasteiger partial charge in [0.15, 0.2) is 6.61 Å². The molecule has 24 heavy (non-hydrogen) atoms. The lowest BCUT2D eigenvalue weighted by Gasteiger charge is -2.10. The summed E-state index contributed by atoms with van der Waals surface area (Å²) in [6, 6.07) is 5.71. The van der Waals surface area contributed by atoms with Crippen LogP contribution in [0.1, 0.15) is 38.1 Å². The van der Waals surface area contributed by atoms with E-state index in [-0.39, 0.29) is 6.04 Å². The highest BCUT2D eigenvalue weighted by Gasteiger charge is 2.13. The molecule has 1 aromatic rings. The Bertz CT molecular complexity index is 567. The van der Waals surface area contributed by atoms with Crippen molar-refractivity contribution in [3.63, 3.8) is 0 Å². The highest BCUT2D eigenvalue weighted by molar-refractivity contribution is 5.97. The van der Waals surface area contributed by atoms with Crippen LogP contribution in [-0.2, 0) is 9.53 Å². The van der Waals surface area contributed by atoms with Crippen LogP contribution in [0.4, 0.5) is 4.79 Å². The highest BCUT2D eigenvalue weighted by atomic mass is 16.5. The molecule has 1 aromatic carbocycles. The van der Waals surface area contributed by atoms with Gasteiger partial charge in [0.1, 0.15) is 5.75 Å². The van der Waals surface area contributed by atoms with Gasteiger partial charge < -0.3 is 14.8 Å². The Morgan fingerprint density at radius 2 is 1.67 bits per heavy atom. The van der Waals surface area contributed by atoms with E-state index in [0.29, 0.717) is 23.8 Å². The number of hydrogen-bond acceptors (Lipinski definition) is 5. The van der Waals surface area contributed by atoms with Crippen molar-refractivity contribution in [2.45, 2.75) is 33.7 Å². The number of hydrogen-bond donors (Lipinski definition) is 2. The van der Waals surface area contributed by atoms with Crippen molar-refractivity contribution >= 4 is 17.9 Å². The van der Waals surface area contributed by atoms with Gasteiger partial charge in [-0.3, -0.25) is 10.1 Å². The number of carbonyl (C=O) groups excluding carboxylic acids is 3. The number of urea groups is 1. The number of esters is 1. The van der Waals surface area contributed by atoms with Gasteiger partial charge in [0.25, 0.3) is 5.91 Å². The van der Waals surface area contributed by atoms with Crippen molar-refractivity contribution in [3.8, 4) is 5.75 Å². The van der Waals surface area contributed by atoms with E-state index in [2.05, 4.69) is 10.6 Å². The summed E-state index contributed by atoms with van der Waals surface area (Å²) < 4.78 is 10.4. The van der Waals surface area contributed by atoms with E-state index in [0.717, 1.165) is 0 Å². The summed E-state index contributed by atoms with van der Waals surface area (Å²) in [7, 11) is 0. The van der Waals surface area contributed by atoms with E-state index >= 15 is 0 Å². The minimum atomic E-state index is -0.696. The average molecular weight is 336 g/mol. The quantitative estimate of drug-likeness (QED) is 0.744. The van der Waals surface area contributed by atoms with Gasteiger partial charge in [0, 0.05) is 6.04 Å². The lowest BCUT2D eigenvalue weighted by molar-refractivity contribution is -0.123. The molecule has 0 atom stereocenters. The van der Waals surface area contributed by atoms with Crippen LogP contribution in [0.2, 0.25) is 0 Å². The predicted octanol–water partition coefficient (Wildman–Crippen LogP) is 2.11. The van der Waals surface area contributed by atoms with Gasteiger partial charge in [0.05, 0.1) is 12.2 Å². The van der Waals surface area contributed by atoms with Crippen molar-refractivity contribution in [2.24, 2.45) is 5.92 Å². The van der Waals surface area contributed by atoms with Gasteiger partial charge in [-0.2, -0.15) is 0 Å². The molecule has 0 fully saturated rings. The molecule has 0 unspecified atom stereocenters. The minimum Gasteiger partial charge on any atom is -0.493 e. The van der Waals surface area contributed by atoms with Crippen LogP contribution >= 0.6 is 0 Å². The average Bonchev–Trinajstić information content (AvgIpc) is 2.50. The molecule has 0 aliphatic heterocycles. The number of benzene rings is 1. The Morgan fingerprint density at radius 3 is 2.21 bits per heavy atom. The molecule has 3 amide bonds. The summed E-state index contributed by atoms with van der Waals surface area (Å²) in [6.45, 7) is 7.66. The Hall–Kier alpha value is -2.57. The molecular formula is C17H24N2O5. The fourth-order valence-electron chi connectivity index (χ4n) is 1.63. The normalized spacial score (nSPS) is 10.4. The topological polar surface area (TPSA) is 93.7 Å². The third-order valence-corrected chi connectivity index (χ3v) is 2.68. The SMILES string of the molecule is CC(C)COc1ccc(C(=O)OCC(=O)NC(=O)NC(C)C)cc1. The van der Waals surface area contributed by atoms with Crippen molar-refractivity contribution in [1.29, 1.82) is 0 Å². The maximum Gasteiger partial charge on any atom is 0.338 e. The second-order valence-electron chi connectivity index (χ2n) is 5.98. The molecule has 0 aromatic heterocycles. The first-order valence-corrected chi connectivity index (χ1v) is 7.78. The smallest absolute Gasteiger partial charge is 0.338 e. The Kier molecular flexibility index (Phi) is 7.74. The van der Waals surface area contributed by atoms with Crippen molar-refractivity contribution in [1.82, 2.24) is 10.6 Å². The molecule has 2 N–H and O–H groups in total. The summed E-state index contributed by atoms with van der Waals surface area (Å²) in [5, 5.41) is 4.56. The van der Waals surface area contributed by atoms with E-state index in [1.54, 1.807) is 38.1 Å². The third-order valence-electron chi connectivity index (χ3n) is 2.68. The van der Waals surface area contributed by atoms with Crippen molar-refractivity contribution in [3.05, 3.63) is 29.8 Å². The molecule has 7 nitrogen and oxygen atoms in total. The van der Waals surface area contributed by atoms with Gasteiger partial charge in [-0.15, -0.1) is 0 Å². The van der Waals surface area contributed by atoms with Crippen LogP contribution in [0, 0.1) is 5.92 Å². The fraction of sp³-hybridized carbons (Fsp3) is 0.471. The summed E-state index contributed by atoms with van der Waals surface area (Å²) in [5.41, 5.74) is 0.298. The van der Waals surface area contributed by atoms with Gasteiger partial charge >= 0.3 is 12.0 Å². The summed E-state index contributed by atoms with van der Waals surface area (Å²) in [6.07, 6.45) is 0. The Balaban J connectivity index is 2.42. The monoisotopic (exact) mass is 336 g/mol. The Morgan fingerprint density at radius 1 is 1.04 bits per heavy atom. The first-order chi connectivity index (χ1) is 11.3. The number of ether oxygens (including phenoxy) is 2. The lowest BCUT2D eigenvalue weighted by atomic mass is 10.2. The van der Waals surface area contributed by atoms with Crippen LogP contribution < -0.4 is 15.4 Å². The van der Waals surface area contributed by atoms with Crippen molar-refractivity contribution < 1.29 is 23.9 Å². The molecule has 0 aliphatic rings. The number of imide groups is 1. The summed E-state index contributed by atoms with van der Waals surface area (Å²) >= 11 is 0. The number of amides is 3. The molecule has 1 rings (SSSR count). The summed E-state index contributed by atoms with van der Waals surface area (Å²) in [5.74, 6) is -0.285. The van der Waals surface area contributed by atoms with E-state index in [9.17, 15) is 14.4 Å². The van der Waals surface area contributed by atoms with E-state index in [1.165, 1.54) is 0 Å². The van der Waals surface area contributed by atoms with E-state index in [1.807, 2.05) is 13.8 Å². The third kappa shape index (κ3) is 7.62. The van der Waals surface area contributed by atoms with Gasteiger partial charge in [-0.25, -0.2) is 9.59 Å². The molecular weight excluding hydrogens is 312 g/mol. The van der Waals surface area contributed by atoms with Gasteiger partial charge in [-0.05, 0) is 44.0 Å². The van der Waals surface area contributed by atoms with Crippen LogP contribution in [0.15, 0.2) is 24.3 Å². The molecule has 0 saturated heterocycles. The van der Waals surface area contributed by atoms with Gasteiger partial charge in [-0.1, -0.05) is 13.8 Å². The van der Waals surface area contributed by atoms with Crippen molar-refractivity contribution in [2.75, 3.05) is 13.2 Å². The standard InChI is InChI=1S/C17H24N2O5/c1-11(2)9-23-14-7-5-13(6-8-14)16(21)24-10-15(20)19-17(22)18-12(3)4/h5-8,11-12H,9-10H2,1-4H3,(H2,18,19,20,22). The zero-order chi connectivity index (χ0) is 18.1. The zero-order valence-electron chi connectivity index (χ0n) is 14.4. The maximum atomic E-state index is 11.8. The summed E-state index contributed by atoms with van der Waals surface area (Å²) in [4.78, 5) is 34.7. The number of rotatable bonds is 7. The zero-order valence-corrected chi connectivity index (χ0v) is 14.4. The number of nitrogens with one attached hydrogen (secondary N) is 2. The molecule has 0 aliphatic carbocycles.